The third-order valence-corrected chi connectivity index (χ3v) is 4.89. The van der Waals surface area contributed by atoms with Crippen molar-refractivity contribution in [3.05, 3.63) is 12.4 Å². The molecule has 1 N–H and O–H groups in total. The van der Waals surface area contributed by atoms with Gasteiger partial charge in [-0.1, -0.05) is 0 Å². The van der Waals surface area contributed by atoms with E-state index in [9.17, 15) is 13.2 Å². The summed E-state index contributed by atoms with van der Waals surface area (Å²) in [5, 5.41) is 9.04. The van der Waals surface area contributed by atoms with E-state index in [-0.39, 0.29) is 23.9 Å². The maximum Gasteiger partial charge on any atom is 0.323 e. The van der Waals surface area contributed by atoms with Gasteiger partial charge < -0.3 is 14.7 Å². The number of hydrogen-bond acceptors (Lipinski definition) is 7. The summed E-state index contributed by atoms with van der Waals surface area (Å²) >= 11 is 0. The molecule has 0 saturated carbocycles. The number of aromatic nitrogens is 2. The lowest BCUT2D eigenvalue weighted by Crippen LogP contribution is -2.40. The molecule has 2 rings (SSSR count). The Morgan fingerprint density at radius 3 is 2.86 bits per heavy atom. The molecule has 21 heavy (non-hydrogen) atoms. The Morgan fingerprint density at radius 1 is 1.52 bits per heavy atom. The van der Waals surface area contributed by atoms with Crippen molar-refractivity contribution >= 4 is 21.6 Å². The summed E-state index contributed by atoms with van der Waals surface area (Å²) in [7, 11) is -3.12. The molecular formula is C12H17N3O5S. The number of carboxylic acid groups (broad SMARTS) is 1. The van der Waals surface area contributed by atoms with Gasteiger partial charge >= 0.3 is 5.97 Å². The van der Waals surface area contributed by atoms with Gasteiger partial charge in [-0.05, 0) is 13.3 Å². The van der Waals surface area contributed by atoms with E-state index in [0.717, 1.165) is 0 Å². The van der Waals surface area contributed by atoms with E-state index in [1.165, 1.54) is 17.3 Å². The van der Waals surface area contributed by atoms with Crippen LogP contribution in [-0.4, -0.2) is 60.2 Å². The van der Waals surface area contributed by atoms with E-state index in [4.69, 9.17) is 9.84 Å². The molecule has 0 spiro atoms. The van der Waals surface area contributed by atoms with Crippen molar-refractivity contribution in [1.29, 1.82) is 0 Å². The zero-order chi connectivity index (χ0) is 15.5. The zero-order valence-corrected chi connectivity index (χ0v) is 12.4. The van der Waals surface area contributed by atoms with E-state index in [1.807, 2.05) is 0 Å². The summed E-state index contributed by atoms with van der Waals surface area (Å²) in [6, 6.07) is -0.405. The van der Waals surface area contributed by atoms with Crippen molar-refractivity contribution in [2.75, 3.05) is 29.6 Å². The second-order valence-corrected chi connectivity index (χ2v) is 6.96. The van der Waals surface area contributed by atoms with Gasteiger partial charge in [0, 0.05) is 6.04 Å². The number of hydrogen-bond donors (Lipinski definition) is 1. The van der Waals surface area contributed by atoms with Crippen LogP contribution in [0.3, 0.4) is 0 Å². The standard InChI is InChI=1S/C12H17N3O5S/c1-2-20-11-6-13-5-10(14-11)15(7-12(16)17)9-3-4-21(18,19)8-9/h5-6,9H,2-4,7-8H2,1H3,(H,16,17). The Morgan fingerprint density at radius 2 is 2.29 bits per heavy atom. The quantitative estimate of drug-likeness (QED) is 0.778. The van der Waals surface area contributed by atoms with Crippen molar-refractivity contribution in [3.63, 3.8) is 0 Å². The molecular weight excluding hydrogens is 298 g/mol. The van der Waals surface area contributed by atoms with Gasteiger partial charge in [0.1, 0.15) is 6.54 Å². The fourth-order valence-electron chi connectivity index (χ4n) is 2.26. The maximum atomic E-state index is 11.6. The molecule has 0 bridgehead atoms. The van der Waals surface area contributed by atoms with E-state index in [0.29, 0.717) is 18.8 Å². The van der Waals surface area contributed by atoms with Crippen LogP contribution in [0.2, 0.25) is 0 Å². The first kappa shape index (κ1) is 15.5. The highest BCUT2D eigenvalue weighted by molar-refractivity contribution is 7.91. The van der Waals surface area contributed by atoms with Crippen molar-refractivity contribution in [2.45, 2.75) is 19.4 Å². The Bertz CT molecular complexity index is 619. The minimum absolute atomic E-state index is 0.0619. The van der Waals surface area contributed by atoms with Gasteiger partial charge in [-0.2, -0.15) is 4.98 Å². The van der Waals surface area contributed by atoms with Crippen LogP contribution in [0.15, 0.2) is 12.4 Å². The maximum absolute atomic E-state index is 11.6. The normalized spacial score (nSPS) is 20.1. The smallest absolute Gasteiger partial charge is 0.323 e. The number of nitrogens with zero attached hydrogens (tertiary/aromatic N) is 3. The number of aliphatic carboxylic acids is 1. The van der Waals surface area contributed by atoms with Crippen LogP contribution in [0.5, 0.6) is 5.88 Å². The molecule has 0 amide bonds. The lowest BCUT2D eigenvalue weighted by molar-refractivity contribution is -0.135. The highest BCUT2D eigenvalue weighted by Crippen LogP contribution is 2.23. The SMILES string of the molecule is CCOc1cncc(N(CC(=O)O)C2CCS(=O)(=O)C2)n1. The number of anilines is 1. The molecule has 0 aliphatic carbocycles. The van der Waals surface area contributed by atoms with Gasteiger partial charge in [-0.15, -0.1) is 0 Å². The van der Waals surface area contributed by atoms with Crippen molar-refractivity contribution in [2.24, 2.45) is 0 Å². The molecule has 1 aromatic rings. The molecule has 1 aromatic heterocycles. The third kappa shape index (κ3) is 4.03. The third-order valence-electron chi connectivity index (χ3n) is 3.14. The summed E-state index contributed by atoms with van der Waals surface area (Å²) in [4.78, 5) is 20.7. The van der Waals surface area contributed by atoms with Gasteiger partial charge in [0.05, 0.1) is 30.5 Å². The molecule has 9 heteroatoms. The van der Waals surface area contributed by atoms with Crippen LogP contribution in [0.25, 0.3) is 0 Å². The lowest BCUT2D eigenvalue weighted by Gasteiger charge is -2.27. The summed E-state index contributed by atoms with van der Waals surface area (Å²) in [5.41, 5.74) is 0. The molecule has 1 aliphatic heterocycles. The molecule has 1 fully saturated rings. The van der Waals surface area contributed by atoms with E-state index in [2.05, 4.69) is 9.97 Å². The van der Waals surface area contributed by atoms with E-state index < -0.39 is 21.8 Å². The predicted molar refractivity (Wildman–Crippen MR) is 75.2 cm³/mol. The average molecular weight is 315 g/mol. The van der Waals surface area contributed by atoms with Gasteiger partial charge in [-0.3, -0.25) is 9.78 Å². The molecule has 116 valence electrons. The number of carboxylic acids is 1. The fraction of sp³-hybridized carbons (Fsp3) is 0.583. The number of sulfone groups is 1. The average Bonchev–Trinajstić information content (AvgIpc) is 2.77. The summed E-state index contributed by atoms with van der Waals surface area (Å²) in [5.74, 6) is -0.465. The van der Waals surface area contributed by atoms with Gasteiger partial charge in [-0.25, -0.2) is 8.42 Å². The van der Waals surface area contributed by atoms with Gasteiger partial charge in [0.2, 0.25) is 5.88 Å². The Balaban J connectivity index is 2.27. The predicted octanol–water partition coefficient (Wildman–Crippen LogP) is -0.0466. The largest absolute Gasteiger partial charge is 0.480 e. The topological polar surface area (TPSA) is 110 Å². The highest BCUT2D eigenvalue weighted by Gasteiger charge is 2.34. The fourth-order valence-corrected chi connectivity index (χ4v) is 3.99. The Hall–Kier alpha value is -1.90. The first-order valence-electron chi connectivity index (χ1n) is 6.55. The van der Waals surface area contributed by atoms with Crippen LogP contribution in [0, 0.1) is 0 Å². The van der Waals surface area contributed by atoms with Crippen LogP contribution in [0.1, 0.15) is 13.3 Å². The molecule has 1 unspecified atom stereocenters. The summed E-state index contributed by atoms with van der Waals surface area (Å²) in [6.45, 7) is 1.88. The van der Waals surface area contributed by atoms with Crippen molar-refractivity contribution < 1.29 is 23.1 Å². The van der Waals surface area contributed by atoms with Gasteiger partial charge in [0.25, 0.3) is 0 Å². The minimum Gasteiger partial charge on any atom is -0.480 e. The summed E-state index contributed by atoms with van der Waals surface area (Å²) in [6.07, 6.45) is 3.23. The van der Waals surface area contributed by atoms with E-state index >= 15 is 0 Å². The lowest BCUT2D eigenvalue weighted by atomic mass is 10.2. The van der Waals surface area contributed by atoms with Crippen LogP contribution in [-0.2, 0) is 14.6 Å². The van der Waals surface area contributed by atoms with Crippen molar-refractivity contribution in [1.82, 2.24) is 9.97 Å². The second-order valence-electron chi connectivity index (χ2n) is 4.73. The summed E-state index contributed by atoms with van der Waals surface area (Å²) < 4.78 is 28.4. The van der Waals surface area contributed by atoms with Crippen LogP contribution >= 0.6 is 0 Å². The first-order valence-corrected chi connectivity index (χ1v) is 8.37. The van der Waals surface area contributed by atoms with Gasteiger partial charge in [0.15, 0.2) is 15.7 Å². The molecule has 0 aromatic carbocycles. The highest BCUT2D eigenvalue weighted by atomic mass is 32.2. The molecule has 0 radical (unpaired) electrons. The van der Waals surface area contributed by atoms with Crippen LogP contribution < -0.4 is 9.64 Å². The molecule has 1 saturated heterocycles. The number of rotatable bonds is 6. The monoisotopic (exact) mass is 315 g/mol. The second kappa shape index (κ2) is 6.25. The molecule has 2 heterocycles. The first-order chi connectivity index (χ1) is 9.91. The number of carbonyl (C=O) groups is 1. The zero-order valence-electron chi connectivity index (χ0n) is 11.6. The Labute approximate surface area is 122 Å². The molecule has 1 atom stereocenters. The number of ether oxygens (including phenoxy) is 1. The van der Waals surface area contributed by atoms with E-state index in [1.54, 1.807) is 6.92 Å². The van der Waals surface area contributed by atoms with Crippen LogP contribution in [0.4, 0.5) is 5.82 Å². The Kier molecular flexibility index (Phi) is 4.61. The minimum atomic E-state index is -3.12. The molecule has 1 aliphatic rings. The van der Waals surface area contributed by atoms with Crippen molar-refractivity contribution in [3.8, 4) is 5.88 Å². The molecule has 8 nitrogen and oxygen atoms in total.